The first-order chi connectivity index (χ1) is 7.59. The van der Waals surface area contributed by atoms with E-state index in [0.29, 0.717) is 6.42 Å². The van der Waals surface area contributed by atoms with E-state index in [1.165, 1.54) is 6.08 Å². The summed E-state index contributed by atoms with van der Waals surface area (Å²) in [7, 11) is -3.55. The Kier molecular flexibility index (Phi) is 4.94. The molecule has 16 heavy (non-hydrogen) atoms. The highest BCUT2D eigenvalue weighted by molar-refractivity contribution is 7.53. The number of benzene rings is 1. The highest BCUT2D eigenvalue weighted by Gasteiger charge is 2.23. The van der Waals surface area contributed by atoms with Crippen molar-refractivity contribution < 1.29 is 14.0 Å². The van der Waals surface area contributed by atoms with Gasteiger partial charge in [-0.2, -0.15) is 0 Å². The predicted octanol–water partition coefficient (Wildman–Crippen LogP) is 3.53. The summed E-state index contributed by atoms with van der Waals surface area (Å²) in [6, 6.07) is 9.46. The summed E-state index contributed by atoms with van der Waals surface area (Å²) >= 11 is 0. The summed E-state index contributed by atoms with van der Waals surface area (Å²) in [5.74, 6) is 0. The van der Waals surface area contributed by atoms with Gasteiger partial charge in [-0.1, -0.05) is 43.3 Å². The van der Waals surface area contributed by atoms with Crippen LogP contribution in [0.3, 0.4) is 0 Å². The van der Waals surface area contributed by atoms with Gasteiger partial charge < -0.3 is 9.42 Å². The van der Waals surface area contributed by atoms with Gasteiger partial charge in [0.2, 0.25) is 0 Å². The fourth-order valence-electron chi connectivity index (χ4n) is 1.44. The fourth-order valence-corrected chi connectivity index (χ4v) is 2.52. The molecule has 0 aliphatic heterocycles. The molecule has 88 valence electrons. The monoisotopic (exact) mass is 240 g/mol. The van der Waals surface area contributed by atoms with Gasteiger partial charge in [-0.15, -0.1) is 6.58 Å². The predicted molar refractivity (Wildman–Crippen MR) is 65.4 cm³/mol. The molecule has 0 radical (unpaired) electrons. The maximum absolute atomic E-state index is 11.6. The number of allylic oxidation sites excluding steroid dienone is 1. The van der Waals surface area contributed by atoms with E-state index in [4.69, 9.17) is 4.52 Å². The molecule has 1 rings (SSSR count). The van der Waals surface area contributed by atoms with E-state index < -0.39 is 7.60 Å². The van der Waals surface area contributed by atoms with Gasteiger partial charge in [-0.25, -0.2) is 0 Å². The average molecular weight is 240 g/mol. The Morgan fingerprint density at radius 1 is 1.50 bits per heavy atom. The smallest absolute Gasteiger partial charge is 0.324 e. The molecule has 0 aliphatic carbocycles. The molecule has 4 heteroatoms. The molecule has 0 spiro atoms. The quantitative estimate of drug-likeness (QED) is 0.611. The molecule has 2 unspecified atom stereocenters. The number of hydrogen-bond acceptors (Lipinski definition) is 2. The van der Waals surface area contributed by atoms with Gasteiger partial charge in [0.15, 0.2) is 0 Å². The van der Waals surface area contributed by atoms with E-state index >= 15 is 0 Å². The molecule has 0 fully saturated rings. The Labute approximate surface area is 96.3 Å². The van der Waals surface area contributed by atoms with Gasteiger partial charge in [-0.05, 0) is 12.0 Å². The van der Waals surface area contributed by atoms with E-state index in [9.17, 15) is 9.46 Å². The molecule has 0 saturated heterocycles. The van der Waals surface area contributed by atoms with Crippen LogP contribution in [0.2, 0.25) is 0 Å². The molecule has 0 heterocycles. The Morgan fingerprint density at radius 2 is 2.12 bits per heavy atom. The Hall–Kier alpha value is -0.890. The standard InChI is InChI=1S/C12H17O3P/c1-3-10-16(13,14)15-12(4-2)11-8-6-5-7-9-11/h3,5-9,12H,1,4,10H2,2H3,(H,13,14). The van der Waals surface area contributed by atoms with Crippen LogP contribution in [0.15, 0.2) is 43.0 Å². The van der Waals surface area contributed by atoms with E-state index in [0.717, 1.165) is 5.56 Å². The number of rotatable bonds is 6. The lowest BCUT2D eigenvalue weighted by Crippen LogP contribution is -2.02. The molecule has 0 aliphatic rings. The van der Waals surface area contributed by atoms with Crippen molar-refractivity contribution in [3.8, 4) is 0 Å². The van der Waals surface area contributed by atoms with Crippen LogP contribution in [0.5, 0.6) is 0 Å². The van der Waals surface area contributed by atoms with Gasteiger partial charge in [-0.3, -0.25) is 4.57 Å². The van der Waals surface area contributed by atoms with Crippen molar-refractivity contribution in [1.82, 2.24) is 0 Å². The molecule has 0 bridgehead atoms. The minimum atomic E-state index is -3.55. The zero-order valence-corrected chi connectivity index (χ0v) is 10.3. The average Bonchev–Trinajstić information content (AvgIpc) is 2.27. The van der Waals surface area contributed by atoms with Gasteiger partial charge in [0.05, 0.1) is 12.3 Å². The van der Waals surface area contributed by atoms with Crippen molar-refractivity contribution in [2.45, 2.75) is 19.4 Å². The van der Waals surface area contributed by atoms with Crippen LogP contribution in [0, 0.1) is 0 Å². The second kappa shape index (κ2) is 6.00. The van der Waals surface area contributed by atoms with E-state index in [2.05, 4.69) is 6.58 Å². The third kappa shape index (κ3) is 3.93. The minimum absolute atomic E-state index is 0.0175. The lowest BCUT2D eigenvalue weighted by atomic mass is 10.1. The molecule has 0 saturated carbocycles. The molecule has 3 nitrogen and oxygen atoms in total. The summed E-state index contributed by atoms with van der Waals surface area (Å²) in [6.07, 6.45) is 1.71. The first kappa shape index (κ1) is 13.2. The molecule has 0 amide bonds. The molecular weight excluding hydrogens is 223 g/mol. The van der Waals surface area contributed by atoms with Crippen molar-refractivity contribution in [2.75, 3.05) is 6.16 Å². The van der Waals surface area contributed by atoms with Crippen molar-refractivity contribution in [1.29, 1.82) is 0 Å². The minimum Gasteiger partial charge on any atom is -0.324 e. The Bertz CT molecular complexity index is 375. The molecule has 1 aromatic rings. The second-order valence-electron chi connectivity index (χ2n) is 3.52. The molecule has 1 N–H and O–H groups in total. The molecule has 0 aromatic heterocycles. The second-order valence-corrected chi connectivity index (χ2v) is 5.37. The topological polar surface area (TPSA) is 46.5 Å². The maximum Gasteiger partial charge on any atom is 0.332 e. The molecule has 1 aromatic carbocycles. The van der Waals surface area contributed by atoms with Crippen molar-refractivity contribution in [2.24, 2.45) is 0 Å². The van der Waals surface area contributed by atoms with Crippen LogP contribution < -0.4 is 0 Å². The summed E-state index contributed by atoms with van der Waals surface area (Å²) in [6.45, 7) is 5.36. The van der Waals surface area contributed by atoms with E-state index in [-0.39, 0.29) is 12.3 Å². The van der Waals surface area contributed by atoms with E-state index in [1.54, 1.807) is 0 Å². The largest absolute Gasteiger partial charge is 0.332 e. The molecular formula is C12H17O3P. The highest BCUT2D eigenvalue weighted by atomic mass is 31.2. The fraction of sp³-hybridized carbons (Fsp3) is 0.333. The van der Waals surface area contributed by atoms with Crippen LogP contribution in [0.1, 0.15) is 25.0 Å². The van der Waals surface area contributed by atoms with Crippen LogP contribution in [0.25, 0.3) is 0 Å². The van der Waals surface area contributed by atoms with Gasteiger partial charge in [0.25, 0.3) is 0 Å². The summed E-state index contributed by atoms with van der Waals surface area (Å²) in [5.41, 5.74) is 0.920. The van der Waals surface area contributed by atoms with Gasteiger partial charge in [0.1, 0.15) is 0 Å². The van der Waals surface area contributed by atoms with E-state index in [1.807, 2.05) is 37.3 Å². The zero-order chi connectivity index (χ0) is 12.0. The lowest BCUT2D eigenvalue weighted by molar-refractivity contribution is 0.173. The molecule has 2 atom stereocenters. The first-order valence-electron chi connectivity index (χ1n) is 5.25. The van der Waals surface area contributed by atoms with Gasteiger partial charge in [0, 0.05) is 0 Å². The normalized spacial score (nSPS) is 16.4. The van der Waals surface area contributed by atoms with Crippen LogP contribution in [-0.2, 0) is 9.09 Å². The van der Waals surface area contributed by atoms with Gasteiger partial charge >= 0.3 is 7.60 Å². The number of hydrogen-bond donors (Lipinski definition) is 1. The SMILES string of the molecule is C=CCP(=O)(O)OC(CC)c1ccccc1. The van der Waals surface area contributed by atoms with Crippen LogP contribution in [-0.4, -0.2) is 11.1 Å². The Morgan fingerprint density at radius 3 is 2.62 bits per heavy atom. The highest BCUT2D eigenvalue weighted by Crippen LogP contribution is 2.47. The zero-order valence-electron chi connectivity index (χ0n) is 9.37. The third-order valence-electron chi connectivity index (χ3n) is 2.19. The van der Waals surface area contributed by atoms with Crippen molar-refractivity contribution in [3.05, 3.63) is 48.6 Å². The maximum atomic E-state index is 11.6. The summed E-state index contributed by atoms with van der Waals surface area (Å²) < 4.78 is 16.9. The summed E-state index contributed by atoms with van der Waals surface area (Å²) in [5, 5.41) is 0. The first-order valence-corrected chi connectivity index (χ1v) is 7.01. The van der Waals surface area contributed by atoms with Crippen molar-refractivity contribution >= 4 is 7.60 Å². The lowest BCUT2D eigenvalue weighted by Gasteiger charge is -2.19. The van der Waals surface area contributed by atoms with Crippen LogP contribution >= 0.6 is 7.60 Å². The Balaban J connectivity index is 2.77. The third-order valence-corrected chi connectivity index (χ3v) is 3.50. The van der Waals surface area contributed by atoms with Crippen molar-refractivity contribution in [3.63, 3.8) is 0 Å². The van der Waals surface area contributed by atoms with Crippen LogP contribution in [0.4, 0.5) is 0 Å². The summed E-state index contributed by atoms with van der Waals surface area (Å²) in [4.78, 5) is 9.54.